The van der Waals surface area contributed by atoms with Crippen molar-refractivity contribution in [3.05, 3.63) is 34.1 Å². The van der Waals surface area contributed by atoms with E-state index in [4.69, 9.17) is 4.74 Å². The van der Waals surface area contributed by atoms with Crippen LogP contribution in [0.1, 0.15) is 23.2 Å². The summed E-state index contributed by atoms with van der Waals surface area (Å²) in [5.74, 6) is -0.817. The summed E-state index contributed by atoms with van der Waals surface area (Å²) >= 11 is 3.04. The lowest BCUT2D eigenvalue weighted by Gasteiger charge is -2.04. The summed E-state index contributed by atoms with van der Waals surface area (Å²) in [7, 11) is 0. The predicted molar refractivity (Wildman–Crippen MR) is 57.4 cm³/mol. The van der Waals surface area contributed by atoms with Gasteiger partial charge in [-0.1, -0.05) is 6.07 Å². The van der Waals surface area contributed by atoms with E-state index in [0.717, 1.165) is 12.8 Å². The number of benzene rings is 1. The highest BCUT2D eigenvalue weighted by Crippen LogP contribution is 2.24. The van der Waals surface area contributed by atoms with Gasteiger partial charge in [0.25, 0.3) is 0 Å². The summed E-state index contributed by atoms with van der Waals surface area (Å²) in [5, 5.41) is 0. The van der Waals surface area contributed by atoms with Crippen molar-refractivity contribution in [2.24, 2.45) is 0 Å². The van der Waals surface area contributed by atoms with E-state index < -0.39 is 5.82 Å². The molecule has 1 saturated carbocycles. The fourth-order valence-corrected chi connectivity index (χ4v) is 1.59. The van der Waals surface area contributed by atoms with Gasteiger partial charge in [0.1, 0.15) is 12.4 Å². The van der Waals surface area contributed by atoms with Gasteiger partial charge in [0.05, 0.1) is 16.1 Å². The Morgan fingerprint density at radius 3 is 2.93 bits per heavy atom. The Hall–Kier alpha value is -0.740. The van der Waals surface area contributed by atoms with Gasteiger partial charge < -0.3 is 4.74 Å². The molecule has 0 amide bonds. The van der Waals surface area contributed by atoms with E-state index >= 15 is 0 Å². The van der Waals surface area contributed by atoms with Gasteiger partial charge in [-0.25, -0.2) is 4.39 Å². The molecule has 80 valence electrons. The Morgan fingerprint density at radius 1 is 1.53 bits per heavy atom. The molecule has 0 heterocycles. The van der Waals surface area contributed by atoms with Crippen molar-refractivity contribution >= 4 is 21.7 Å². The Morgan fingerprint density at radius 2 is 2.27 bits per heavy atom. The Labute approximate surface area is 95.6 Å². The Kier molecular flexibility index (Phi) is 3.17. The molecule has 1 aromatic carbocycles. The molecule has 4 heteroatoms. The van der Waals surface area contributed by atoms with Gasteiger partial charge in [-0.15, -0.1) is 0 Å². The smallest absolute Gasteiger partial charge is 0.191 e. The van der Waals surface area contributed by atoms with Gasteiger partial charge in [-0.3, -0.25) is 4.79 Å². The molecule has 1 fully saturated rings. The topological polar surface area (TPSA) is 26.3 Å². The average molecular weight is 273 g/mol. The molecule has 15 heavy (non-hydrogen) atoms. The summed E-state index contributed by atoms with van der Waals surface area (Å²) in [5.41, 5.74) is 0.0880. The molecule has 0 bridgehead atoms. The molecule has 0 saturated heterocycles. The first-order valence-electron chi connectivity index (χ1n) is 4.77. The van der Waals surface area contributed by atoms with Crippen molar-refractivity contribution in [1.29, 1.82) is 0 Å². The first-order chi connectivity index (χ1) is 7.18. The third kappa shape index (κ3) is 2.63. The molecular formula is C11H10BrFO2. The highest BCUT2D eigenvalue weighted by atomic mass is 79.9. The van der Waals surface area contributed by atoms with Crippen LogP contribution < -0.4 is 0 Å². The quantitative estimate of drug-likeness (QED) is 0.788. The van der Waals surface area contributed by atoms with E-state index in [9.17, 15) is 9.18 Å². The summed E-state index contributed by atoms with van der Waals surface area (Å²) in [6.07, 6.45) is 2.23. The zero-order chi connectivity index (χ0) is 10.8. The molecular weight excluding hydrogens is 263 g/mol. The van der Waals surface area contributed by atoms with Crippen LogP contribution in [0.4, 0.5) is 4.39 Å². The average Bonchev–Trinajstić information content (AvgIpc) is 3.02. The van der Waals surface area contributed by atoms with Crippen molar-refractivity contribution in [2.75, 3.05) is 6.61 Å². The number of rotatable bonds is 4. The number of halogens is 2. The maximum absolute atomic E-state index is 13.5. The number of carbonyl (C=O) groups excluding carboxylic acids is 1. The number of hydrogen-bond donors (Lipinski definition) is 0. The van der Waals surface area contributed by atoms with Gasteiger partial charge in [0, 0.05) is 0 Å². The highest BCUT2D eigenvalue weighted by Gasteiger charge is 2.24. The van der Waals surface area contributed by atoms with E-state index in [0.29, 0.717) is 4.47 Å². The molecule has 0 aliphatic heterocycles. The molecule has 2 nitrogen and oxygen atoms in total. The van der Waals surface area contributed by atoms with Crippen LogP contribution in [-0.2, 0) is 4.74 Å². The van der Waals surface area contributed by atoms with Crippen molar-refractivity contribution in [1.82, 2.24) is 0 Å². The lowest BCUT2D eigenvalue weighted by molar-refractivity contribution is 0.0719. The van der Waals surface area contributed by atoms with Crippen LogP contribution in [0.5, 0.6) is 0 Å². The number of ketones is 1. The van der Waals surface area contributed by atoms with Crippen LogP contribution in [0.3, 0.4) is 0 Å². The van der Waals surface area contributed by atoms with E-state index in [1.165, 1.54) is 6.07 Å². The monoisotopic (exact) mass is 272 g/mol. The zero-order valence-corrected chi connectivity index (χ0v) is 9.59. The van der Waals surface area contributed by atoms with Crippen LogP contribution in [0, 0.1) is 5.82 Å². The zero-order valence-electron chi connectivity index (χ0n) is 8.00. The second kappa shape index (κ2) is 4.41. The second-order valence-electron chi connectivity index (χ2n) is 3.53. The predicted octanol–water partition coefficient (Wildman–Crippen LogP) is 2.95. The van der Waals surface area contributed by atoms with Gasteiger partial charge in [-0.05, 0) is 40.9 Å². The first-order valence-corrected chi connectivity index (χ1v) is 5.56. The Bertz CT molecular complexity index is 388. The molecule has 0 N–H and O–H groups in total. The maximum Gasteiger partial charge on any atom is 0.191 e. The molecule has 1 aliphatic rings. The molecule has 0 aromatic heterocycles. The van der Waals surface area contributed by atoms with E-state index in [1.54, 1.807) is 12.1 Å². The fourth-order valence-electron chi connectivity index (χ4n) is 1.23. The minimum atomic E-state index is -0.512. The van der Waals surface area contributed by atoms with Crippen LogP contribution in [0.2, 0.25) is 0 Å². The summed E-state index contributed by atoms with van der Waals surface area (Å²) < 4.78 is 19.0. The third-order valence-electron chi connectivity index (χ3n) is 2.23. The highest BCUT2D eigenvalue weighted by molar-refractivity contribution is 9.10. The largest absolute Gasteiger partial charge is 0.370 e. The second-order valence-corrected chi connectivity index (χ2v) is 4.39. The summed E-state index contributed by atoms with van der Waals surface area (Å²) in [4.78, 5) is 11.6. The molecule has 0 unspecified atom stereocenters. The van der Waals surface area contributed by atoms with E-state index in [1.807, 2.05) is 0 Å². The molecule has 0 radical (unpaired) electrons. The summed E-state index contributed by atoms with van der Waals surface area (Å²) in [6.45, 7) is -0.0297. The van der Waals surface area contributed by atoms with Crippen molar-refractivity contribution < 1.29 is 13.9 Å². The summed E-state index contributed by atoms with van der Waals surface area (Å²) in [6, 6.07) is 4.67. The normalized spacial score (nSPS) is 15.3. The number of Topliss-reactive ketones (excluding diaryl/α,β-unsaturated/α-hetero) is 1. The molecule has 0 atom stereocenters. The molecule has 0 spiro atoms. The standard InChI is InChI=1S/C11H10BrFO2/c12-9-3-1-2-8(11(9)13)10(14)6-15-7-4-5-7/h1-3,7H,4-6H2. The van der Waals surface area contributed by atoms with Crippen molar-refractivity contribution in [3.63, 3.8) is 0 Å². The van der Waals surface area contributed by atoms with E-state index in [-0.39, 0.29) is 24.1 Å². The van der Waals surface area contributed by atoms with Gasteiger partial charge in [-0.2, -0.15) is 0 Å². The van der Waals surface area contributed by atoms with Gasteiger partial charge in [0.15, 0.2) is 5.78 Å². The Balaban J connectivity index is 2.06. The van der Waals surface area contributed by atoms with Crippen LogP contribution in [0.25, 0.3) is 0 Å². The number of ether oxygens (including phenoxy) is 1. The minimum Gasteiger partial charge on any atom is -0.370 e. The molecule has 1 aromatic rings. The maximum atomic E-state index is 13.5. The van der Waals surface area contributed by atoms with Crippen molar-refractivity contribution in [2.45, 2.75) is 18.9 Å². The first kappa shape index (κ1) is 10.8. The lowest BCUT2D eigenvalue weighted by atomic mass is 10.1. The minimum absolute atomic E-state index is 0.0297. The van der Waals surface area contributed by atoms with Gasteiger partial charge >= 0.3 is 0 Å². The van der Waals surface area contributed by atoms with Crippen LogP contribution >= 0.6 is 15.9 Å². The van der Waals surface area contributed by atoms with Gasteiger partial charge in [0.2, 0.25) is 0 Å². The lowest BCUT2D eigenvalue weighted by Crippen LogP contribution is -2.12. The SMILES string of the molecule is O=C(COC1CC1)c1cccc(Br)c1F. The van der Waals surface area contributed by atoms with Crippen LogP contribution in [0.15, 0.2) is 22.7 Å². The third-order valence-corrected chi connectivity index (χ3v) is 2.84. The number of carbonyl (C=O) groups is 1. The molecule has 1 aliphatic carbocycles. The van der Waals surface area contributed by atoms with E-state index in [2.05, 4.69) is 15.9 Å². The number of hydrogen-bond acceptors (Lipinski definition) is 2. The molecule has 2 rings (SSSR count). The fraction of sp³-hybridized carbons (Fsp3) is 0.364. The van der Waals surface area contributed by atoms with Crippen molar-refractivity contribution in [3.8, 4) is 0 Å². The van der Waals surface area contributed by atoms with Crippen LogP contribution in [-0.4, -0.2) is 18.5 Å².